The maximum Gasteiger partial charge on any atom is 0.246 e. The lowest BCUT2D eigenvalue weighted by Crippen LogP contribution is -2.52. The van der Waals surface area contributed by atoms with Crippen LogP contribution in [0.5, 0.6) is 0 Å². The van der Waals surface area contributed by atoms with Gasteiger partial charge >= 0.3 is 0 Å². The van der Waals surface area contributed by atoms with Crippen LogP contribution >= 0.6 is 0 Å². The Balaban J connectivity index is 2.09. The predicted molar refractivity (Wildman–Crippen MR) is 140 cm³/mol. The highest BCUT2D eigenvalue weighted by Gasteiger charge is 2.36. The van der Waals surface area contributed by atoms with E-state index in [1.54, 1.807) is 0 Å². The van der Waals surface area contributed by atoms with Gasteiger partial charge in [-0.05, 0) is 63.1 Å². The van der Waals surface area contributed by atoms with E-state index in [4.69, 9.17) is 0 Å². The second-order valence-corrected chi connectivity index (χ2v) is 8.86. The minimum atomic E-state index is 0.209. The first-order valence-corrected chi connectivity index (χ1v) is 11.5. The molecule has 31 heavy (non-hydrogen) atoms. The lowest BCUT2D eigenvalue weighted by Gasteiger charge is -2.39. The van der Waals surface area contributed by atoms with Gasteiger partial charge in [0.25, 0.3) is 0 Å². The summed E-state index contributed by atoms with van der Waals surface area (Å²) < 4.78 is 0. The number of fused-ring (bicyclic) bond motifs is 1. The van der Waals surface area contributed by atoms with Crippen molar-refractivity contribution in [3.63, 3.8) is 0 Å². The van der Waals surface area contributed by atoms with Crippen molar-refractivity contribution in [3.05, 3.63) is 101 Å². The summed E-state index contributed by atoms with van der Waals surface area (Å²) in [6.07, 6.45) is 9.24. The summed E-state index contributed by atoms with van der Waals surface area (Å²) in [4.78, 5) is 2.33. The van der Waals surface area contributed by atoms with Crippen LogP contribution in [-0.2, 0) is 0 Å². The van der Waals surface area contributed by atoms with Crippen LogP contribution in [0.3, 0.4) is 0 Å². The Morgan fingerprint density at radius 1 is 1.06 bits per heavy atom. The van der Waals surface area contributed by atoms with E-state index < -0.39 is 0 Å². The van der Waals surface area contributed by atoms with E-state index in [1.165, 1.54) is 45.3 Å². The third-order valence-electron chi connectivity index (χ3n) is 6.54. The van der Waals surface area contributed by atoms with Crippen molar-refractivity contribution < 1.29 is 0 Å². The average molecular weight is 409 g/mol. The minimum absolute atomic E-state index is 0.209. The molecule has 2 heteroatoms. The van der Waals surface area contributed by atoms with Crippen LogP contribution in [0.15, 0.2) is 95.8 Å². The van der Waals surface area contributed by atoms with Gasteiger partial charge in [-0.3, -0.25) is 0 Å². The zero-order chi connectivity index (χ0) is 22.5. The number of nitrogens with zero attached hydrogens (tertiary/aromatic N) is 1. The number of aryl methyl sites for hydroxylation is 1. The van der Waals surface area contributed by atoms with Crippen molar-refractivity contribution in [2.24, 2.45) is 5.92 Å². The number of allylic oxidation sites excluding steroid dienone is 6. The van der Waals surface area contributed by atoms with Crippen molar-refractivity contribution in [3.8, 4) is 0 Å². The predicted octanol–water partition coefficient (Wildman–Crippen LogP) is 6.71. The Bertz CT molecular complexity index is 1040. The highest BCUT2D eigenvalue weighted by atomic mass is 15.2. The molecule has 0 radical (unpaired) electrons. The molecule has 2 aromatic rings. The van der Waals surface area contributed by atoms with Crippen molar-refractivity contribution in [1.82, 2.24) is 0 Å². The van der Waals surface area contributed by atoms with E-state index in [1.807, 2.05) is 0 Å². The topological polar surface area (TPSA) is 3.24 Å². The Kier molecular flexibility index (Phi) is 7.44. The number of hydrogen-bond donors (Lipinski definition) is 0. The largest absolute Gasteiger partial charge is 0.316 e. The molecule has 1 atom stereocenters. The van der Waals surface area contributed by atoms with Gasteiger partial charge in [0.15, 0.2) is 0 Å². The molecule has 2 aromatic carbocycles. The molecule has 0 fully saturated rings. The molecule has 0 aromatic heterocycles. The Morgan fingerprint density at radius 3 is 2.35 bits per heavy atom. The van der Waals surface area contributed by atoms with Crippen LogP contribution in [0.1, 0.15) is 53.0 Å². The molecule has 0 N–H and O–H groups in total. The van der Waals surface area contributed by atoms with Crippen LogP contribution in [0.2, 0.25) is 0 Å². The minimum Gasteiger partial charge on any atom is -0.316 e. The Labute approximate surface area is 190 Å². The van der Waals surface area contributed by atoms with E-state index in [9.17, 15) is 0 Å². The van der Waals surface area contributed by atoms with E-state index in [0.29, 0.717) is 0 Å². The lowest BCUT2D eigenvalue weighted by atomic mass is 9.33. The summed E-state index contributed by atoms with van der Waals surface area (Å²) in [6.45, 7) is 18.1. The third kappa shape index (κ3) is 4.79. The molecule has 1 unspecified atom stereocenters. The fourth-order valence-corrected chi connectivity index (χ4v) is 4.53. The van der Waals surface area contributed by atoms with Gasteiger partial charge in [0, 0.05) is 17.1 Å². The van der Waals surface area contributed by atoms with Crippen LogP contribution in [0.4, 0.5) is 5.69 Å². The standard InChI is InChI=1S/C29H36BN/c1-8-21(3)18-19-22(4)20-24(6)31-25(7)26(9-2)30(27-15-11-10-14-23(27)5)28-16-12-13-17-29(28)31/h9-17,19-21H,7-8,18H2,1-6H3/b22-19-,24-20+,26-9+. The lowest BCUT2D eigenvalue weighted by molar-refractivity contribution is 0.571. The summed E-state index contributed by atoms with van der Waals surface area (Å²) in [6, 6.07) is 17.5. The number of rotatable bonds is 6. The van der Waals surface area contributed by atoms with E-state index in [0.717, 1.165) is 18.0 Å². The summed E-state index contributed by atoms with van der Waals surface area (Å²) in [5.41, 5.74) is 10.1. The first kappa shape index (κ1) is 22.9. The van der Waals surface area contributed by atoms with Crippen LogP contribution in [0, 0.1) is 12.8 Å². The van der Waals surface area contributed by atoms with Crippen molar-refractivity contribution in [2.45, 2.75) is 54.4 Å². The zero-order valence-electron chi connectivity index (χ0n) is 20.1. The molecule has 1 aliphatic heterocycles. The highest BCUT2D eigenvalue weighted by molar-refractivity contribution is 6.93. The van der Waals surface area contributed by atoms with E-state index >= 15 is 0 Å². The van der Waals surface area contributed by atoms with Gasteiger partial charge in [-0.15, -0.1) is 0 Å². The Morgan fingerprint density at radius 2 is 1.71 bits per heavy atom. The normalized spacial score (nSPS) is 17.2. The molecule has 1 heterocycles. The van der Waals surface area contributed by atoms with Crippen LogP contribution < -0.4 is 15.8 Å². The van der Waals surface area contributed by atoms with Gasteiger partial charge in [0.05, 0.1) is 0 Å². The molecule has 1 aliphatic rings. The molecule has 0 saturated heterocycles. The summed E-state index contributed by atoms with van der Waals surface area (Å²) in [7, 11) is 0. The quantitative estimate of drug-likeness (QED) is 0.379. The first-order valence-electron chi connectivity index (χ1n) is 11.5. The smallest absolute Gasteiger partial charge is 0.246 e. The van der Waals surface area contributed by atoms with Crippen LogP contribution in [0.25, 0.3) is 0 Å². The van der Waals surface area contributed by atoms with Gasteiger partial charge in [-0.25, -0.2) is 0 Å². The molecule has 0 saturated carbocycles. The SMILES string of the molecule is C=C1/C(=C\C)B(c2ccccc2C)c2ccccc2N1/C(C)=C/C(C)=C\CC(C)CC. The number of anilines is 1. The average Bonchev–Trinajstić information content (AvgIpc) is 2.77. The molecule has 0 amide bonds. The van der Waals surface area contributed by atoms with E-state index in [2.05, 4.69) is 120 Å². The molecule has 0 bridgehead atoms. The molecule has 3 rings (SSSR count). The maximum absolute atomic E-state index is 4.57. The Hall–Kier alpha value is -2.74. The summed E-state index contributed by atoms with van der Waals surface area (Å²) >= 11 is 0. The van der Waals surface area contributed by atoms with E-state index in [-0.39, 0.29) is 6.71 Å². The summed E-state index contributed by atoms with van der Waals surface area (Å²) in [5, 5.41) is 0. The zero-order valence-corrected chi connectivity index (χ0v) is 20.1. The van der Waals surface area contributed by atoms with Gasteiger partial charge in [-0.2, -0.15) is 0 Å². The fraction of sp³-hybridized carbons (Fsp3) is 0.310. The highest BCUT2D eigenvalue weighted by Crippen LogP contribution is 2.33. The van der Waals surface area contributed by atoms with Gasteiger partial charge in [-0.1, -0.05) is 98.1 Å². The van der Waals surface area contributed by atoms with Crippen molar-refractivity contribution >= 4 is 23.3 Å². The van der Waals surface area contributed by atoms with Gasteiger partial charge in [0.1, 0.15) is 0 Å². The maximum atomic E-state index is 4.57. The van der Waals surface area contributed by atoms with Crippen LogP contribution in [-0.4, -0.2) is 6.71 Å². The number of para-hydroxylation sites is 1. The molecule has 1 nitrogen and oxygen atoms in total. The molecular formula is C29H36BN. The van der Waals surface area contributed by atoms with Crippen molar-refractivity contribution in [1.29, 1.82) is 0 Å². The molecule has 0 spiro atoms. The first-order chi connectivity index (χ1) is 14.9. The third-order valence-corrected chi connectivity index (χ3v) is 6.54. The monoisotopic (exact) mass is 409 g/mol. The fourth-order valence-electron chi connectivity index (χ4n) is 4.53. The van der Waals surface area contributed by atoms with Gasteiger partial charge in [0.2, 0.25) is 6.71 Å². The molecule has 160 valence electrons. The number of hydrogen-bond acceptors (Lipinski definition) is 1. The second-order valence-electron chi connectivity index (χ2n) is 8.86. The second kappa shape index (κ2) is 10.0. The molecule has 0 aliphatic carbocycles. The number of benzene rings is 2. The molecular weight excluding hydrogens is 373 g/mol. The summed E-state index contributed by atoms with van der Waals surface area (Å²) in [5.74, 6) is 0.721. The van der Waals surface area contributed by atoms with Gasteiger partial charge < -0.3 is 4.90 Å². The van der Waals surface area contributed by atoms with Crippen molar-refractivity contribution in [2.75, 3.05) is 4.90 Å².